The highest BCUT2D eigenvalue weighted by Gasteiger charge is 2.27. The summed E-state index contributed by atoms with van der Waals surface area (Å²) in [6.45, 7) is 8.01. The Morgan fingerprint density at radius 2 is 1.56 bits per heavy atom. The van der Waals surface area contributed by atoms with Gasteiger partial charge in [0.15, 0.2) is 0 Å². The van der Waals surface area contributed by atoms with Crippen LogP contribution in [0.1, 0.15) is 20.8 Å². The van der Waals surface area contributed by atoms with Gasteiger partial charge in [-0.3, -0.25) is 14.5 Å². The second-order valence-electron chi connectivity index (χ2n) is 4.53. The molecular formula is C11H20N2O3. The summed E-state index contributed by atoms with van der Waals surface area (Å²) < 4.78 is 0. The molecule has 1 N–H and O–H groups in total. The van der Waals surface area contributed by atoms with Gasteiger partial charge in [-0.1, -0.05) is 13.8 Å². The number of carbonyl (C=O) groups excluding carboxylic acids is 1. The van der Waals surface area contributed by atoms with Crippen molar-refractivity contribution in [3.63, 3.8) is 0 Å². The third-order valence-electron chi connectivity index (χ3n) is 3.02. The third kappa shape index (κ3) is 2.95. The lowest BCUT2D eigenvalue weighted by molar-refractivity contribution is -0.144. The first-order chi connectivity index (χ1) is 7.43. The Hall–Kier alpha value is -1.10. The van der Waals surface area contributed by atoms with Crippen molar-refractivity contribution in [3.8, 4) is 0 Å². The predicted molar refractivity (Wildman–Crippen MR) is 60.1 cm³/mol. The van der Waals surface area contributed by atoms with Crippen LogP contribution in [0, 0.1) is 5.92 Å². The Morgan fingerprint density at radius 3 is 1.94 bits per heavy atom. The molecule has 1 aliphatic rings. The van der Waals surface area contributed by atoms with E-state index >= 15 is 0 Å². The van der Waals surface area contributed by atoms with Gasteiger partial charge in [0.25, 0.3) is 0 Å². The van der Waals surface area contributed by atoms with Crippen LogP contribution in [0.15, 0.2) is 0 Å². The molecule has 0 radical (unpaired) electrons. The first-order valence-electron chi connectivity index (χ1n) is 5.69. The van der Waals surface area contributed by atoms with E-state index in [1.807, 2.05) is 23.6 Å². The van der Waals surface area contributed by atoms with Crippen molar-refractivity contribution in [2.24, 2.45) is 5.92 Å². The number of carbonyl (C=O) groups is 2. The SMILES string of the molecule is CC(C)C(=O)N1CCN(C(C)C(=O)O)CC1. The van der Waals surface area contributed by atoms with E-state index in [2.05, 4.69) is 0 Å². The zero-order valence-corrected chi connectivity index (χ0v) is 10.1. The Kier molecular flexibility index (Phi) is 4.29. The zero-order chi connectivity index (χ0) is 12.3. The smallest absolute Gasteiger partial charge is 0.320 e. The van der Waals surface area contributed by atoms with E-state index in [0.717, 1.165) is 0 Å². The lowest BCUT2D eigenvalue weighted by Crippen LogP contribution is -2.53. The predicted octanol–water partition coefficient (Wildman–Crippen LogP) is 0.260. The summed E-state index contributed by atoms with van der Waals surface area (Å²) in [5.74, 6) is -0.630. The quantitative estimate of drug-likeness (QED) is 0.752. The van der Waals surface area contributed by atoms with Gasteiger partial charge in [0.2, 0.25) is 5.91 Å². The average Bonchev–Trinajstić information content (AvgIpc) is 2.27. The fourth-order valence-electron chi connectivity index (χ4n) is 1.85. The minimum absolute atomic E-state index is 0.0171. The fourth-order valence-corrected chi connectivity index (χ4v) is 1.85. The standard InChI is InChI=1S/C11H20N2O3/c1-8(2)10(14)13-6-4-12(5-7-13)9(3)11(15)16/h8-9H,4-7H2,1-3H3,(H,15,16). The molecule has 0 bridgehead atoms. The van der Waals surface area contributed by atoms with Crippen LogP contribution < -0.4 is 0 Å². The van der Waals surface area contributed by atoms with E-state index in [1.165, 1.54) is 0 Å². The van der Waals surface area contributed by atoms with Crippen molar-refractivity contribution in [1.29, 1.82) is 0 Å². The molecule has 1 unspecified atom stereocenters. The average molecular weight is 228 g/mol. The van der Waals surface area contributed by atoms with Crippen LogP contribution in [0.3, 0.4) is 0 Å². The van der Waals surface area contributed by atoms with Crippen LogP contribution in [0.2, 0.25) is 0 Å². The summed E-state index contributed by atoms with van der Waals surface area (Å²) in [5, 5.41) is 8.88. The van der Waals surface area contributed by atoms with Gasteiger partial charge in [-0.15, -0.1) is 0 Å². The van der Waals surface area contributed by atoms with Crippen molar-refractivity contribution in [2.75, 3.05) is 26.2 Å². The van der Waals surface area contributed by atoms with Crippen LogP contribution >= 0.6 is 0 Å². The molecule has 0 aromatic rings. The highest BCUT2D eigenvalue weighted by molar-refractivity contribution is 5.78. The van der Waals surface area contributed by atoms with Gasteiger partial charge in [0.1, 0.15) is 6.04 Å². The minimum atomic E-state index is -0.802. The molecule has 1 rings (SSSR count). The molecule has 16 heavy (non-hydrogen) atoms. The lowest BCUT2D eigenvalue weighted by Gasteiger charge is -2.37. The normalized spacial score (nSPS) is 19.9. The van der Waals surface area contributed by atoms with E-state index in [9.17, 15) is 9.59 Å². The maximum Gasteiger partial charge on any atom is 0.320 e. The van der Waals surface area contributed by atoms with Crippen LogP contribution in [0.5, 0.6) is 0 Å². The van der Waals surface area contributed by atoms with E-state index in [0.29, 0.717) is 26.2 Å². The first-order valence-corrected chi connectivity index (χ1v) is 5.69. The van der Waals surface area contributed by atoms with Crippen molar-refractivity contribution < 1.29 is 14.7 Å². The molecule has 1 amide bonds. The van der Waals surface area contributed by atoms with Crippen molar-refractivity contribution in [2.45, 2.75) is 26.8 Å². The number of amides is 1. The molecular weight excluding hydrogens is 208 g/mol. The van der Waals surface area contributed by atoms with Crippen LogP contribution in [0.25, 0.3) is 0 Å². The second kappa shape index (κ2) is 5.30. The zero-order valence-electron chi connectivity index (χ0n) is 10.1. The summed E-state index contributed by atoms with van der Waals surface area (Å²) in [5.41, 5.74) is 0. The summed E-state index contributed by atoms with van der Waals surface area (Å²) in [6.07, 6.45) is 0. The van der Waals surface area contributed by atoms with E-state index in [-0.39, 0.29) is 11.8 Å². The second-order valence-corrected chi connectivity index (χ2v) is 4.53. The van der Waals surface area contributed by atoms with Gasteiger partial charge in [-0.05, 0) is 6.92 Å². The Labute approximate surface area is 96.0 Å². The number of rotatable bonds is 3. The largest absolute Gasteiger partial charge is 0.480 e. The topological polar surface area (TPSA) is 60.9 Å². The molecule has 0 saturated carbocycles. The highest BCUT2D eigenvalue weighted by atomic mass is 16.4. The molecule has 5 heteroatoms. The van der Waals surface area contributed by atoms with Crippen molar-refractivity contribution in [3.05, 3.63) is 0 Å². The molecule has 1 heterocycles. The first kappa shape index (κ1) is 13.0. The highest BCUT2D eigenvalue weighted by Crippen LogP contribution is 2.09. The van der Waals surface area contributed by atoms with Crippen LogP contribution in [-0.2, 0) is 9.59 Å². The molecule has 1 saturated heterocycles. The molecule has 0 aromatic heterocycles. The summed E-state index contributed by atoms with van der Waals surface area (Å²) >= 11 is 0. The van der Waals surface area contributed by atoms with Gasteiger partial charge in [-0.2, -0.15) is 0 Å². The number of hydrogen-bond acceptors (Lipinski definition) is 3. The monoisotopic (exact) mass is 228 g/mol. The van der Waals surface area contributed by atoms with Crippen molar-refractivity contribution in [1.82, 2.24) is 9.80 Å². The minimum Gasteiger partial charge on any atom is -0.480 e. The number of aliphatic carboxylic acids is 1. The molecule has 92 valence electrons. The van der Waals surface area contributed by atoms with Gasteiger partial charge in [-0.25, -0.2) is 0 Å². The van der Waals surface area contributed by atoms with Gasteiger partial charge in [0.05, 0.1) is 0 Å². The number of nitrogens with zero attached hydrogens (tertiary/aromatic N) is 2. The molecule has 1 atom stereocenters. The number of piperazine rings is 1. The molecule has 0 spiro atoms. The van der Waals surface area contributed by atoms with Gasteiger partial charge < -0.3 is 10.0 Å². The summed E-state index contributed by atoms with van der Waals surface area (Å²) in [6, 6.07) is -0.462. The Bertz CT molecular complexity index is 270. The van der Waals surface area contributed by atoms with Crippen LogP contribution in [0.4, 0.5) is 0 Å². The van der Waals surface area contributed by atoms with E-state index in [4.69, 9.17) is 5.11 Å². The van der Waals surface area contributed by atoms with E-state index in [1.54, 1.807) is 6.92 Å². The van der Waals surface area contributed by atoms with Crippen LogP contribution in [-0.4, -0.2) is 59.0 Å². The molecule has 5 nitrogen and oxygen atoms in total. The maximum absolute atomic E-state index is 11.7. The number of carboxylic acid groups (broad SMARTS) is 1. The van der Waals surface area contributed by atoms with E-state index < -0.39 is 12.0 Å². The maximum atomic E-state index is 11.7. The summed E-state index contributed by atoms with van der Waals surface area (Å²) in [4.78, 5) is 26.2. The molecule has 0 aromatic carbocycles. The van der Waals surface area contributed by atoms with Crippen molar-refractivity contribution >= 4 is 11.9 Å². The number of carboxylic acids is 1. The van der Waals surface area contributed by atoms with Gasteiger partial charge in [0, 0.05) is 32.1 Å². The molecule has 1 aliphatic heterocycles. The van der Waals surface area contributed by atoms with Gasteiger partial charge >= 0.3 is 5.97 Å². The lowest BCUT2D eigenvalue weighted by atomic mass is 10.1. The summed E-state index contributed by atoms with van der Waals surface area (Å²) in [7, 11) is 0. The number of hydrogen-bond donors (Lipinski definition) is 1. The third-order valence-corrected chi connectivity index (χ3v) is 3.02. The fraction of sp³-hybridized carbons (Fsp3) is 0.818. The molecule has 1 fully saturated rings. The Balaban J connectivity index is 2.45. The molecule has 0 aliphatic carbocycles. The Morgan fingerprint density at radius 1 is 1.06 bits per heavy atom.